The number of aliphatic hydroxyl groups is 1. The van der Waals surface area contributed by atoms with Crippen molar-refractivity contribution in [3.05, 3.63) is 72.8 Å². The smallest absolute Gasteiger partial charge is 0.226 e. The molecule has 0 spiro atoms. The molecule has 0 aliphatic rings. The monoisotopic (exact) mass is 362 g/mol. The molecule has 0 saturated heterocycles. The average molecular weight is 362 g/mol. The second-order valence-corrected chi connectivity index (χ2v) is 6.67. The number of hydrogen-bond acceptors (Lipinski definition) is 3. The Morgan fingerprint density at radius 2 is 1.70 bits per heavy atom. The van der Waals surface area contributed by atoms with E-state index in [0.717, 1.165) is 22.1 Å². The summed E-state index contributed by atoms with van der Waals surface area (Å²) in [6, 6.07) is 23.8. The second kappa shape index (κ2) is 9.19. The molecule has 0 radical (unpaired) electrons. The molecule has 4 heteroatoms. The van der Waals surface area contributed by atoms with Crippen molar-refractivity contribution in [3.63, 3.8) is 0 Å². The van der Waals surface area contributed by atoms with Gasteiger partial charge in [-0.25, -0.2) is 0 Å². The number of hydrogen-bond donors (Lipinski definition) is 2. The number of para-hydroxylation sites is 1. The van der Waals surface area contributed by atoms with Crippen LogP contribution in [-0.2, 0) is 4.79 Å². The van der Waals surface area contributed by atoms with Crippen molar-refractivity contribution in [2.24, 2.45) is 0 Å². The van der Waals surface area contributed by atoms with Gasteiger partial charge in [-0.15, -0.1) is 0 Å². The van der Waals surface area contributed by atoms with Crippen LogP contribution in [0.15, 0.2) is 72.8 Å². The van der Waals surface area contributed by atoms with Gasteiger partial charge in [0.2, 0.25) is 5.91 Å². The number of nitrogens with one attached hydrogen (secondary N) is 1. The van der Waals surface area contributed by atoms with E-state index in [4.69, 9.17) is 0 Å². The summed E-state index contributed by atoms with van der Waals surface area (Å²) in [4.78, 5) is 14.6. The lowest BCUT2D eigenvalue weighted by Gasteiger charge is -2.27. The molecule has 0 aliphatic heterocycles. The minimum absolute atomic E-state index is 0.0294. The number of benzene rings is 3. The van der Waals surface area contributed by atoms with Crippen molar-refractivity contribution in [2.75, 3.05) is 23.3 Å². The Bertz CT molecular complexity index is 874. The van der Waals surface area contributed by atoms with Crippen molar-refractivity contribution in [1.29, 1.82) is 0 Å². The number of carbonyl (C=O) groups excluding carboxylic acids is 1. The van der Waals surface area contributed by atoms with E-state index in [2.05, 4.69) is 10.2 Å². The molecule has 0 bridgehead atoms. The van der Waals surface area contributed by atoms with Crippen LogP contribution in [0.4, 0.5) is 11.4 Å². The number of rotatable bonds is 8. The maximum Gasteiger partial charge on any atom is 0.226 e. The number of fused-ring (bicyclic) bond motifs is 1. The van der Waals surface area contributed by atoms with E-state index in [1.165, 1.54) is 0 Å². The molecule has 3 aromatic rings. The first kappa shape index (κ1) is 18.9. The third kappa shape index (κ3) is 5.08. The van der Waals surface area contributed by atoms with Gasteiger partial charge in [0.15, 0.2) is 0 Å². The van der Waals surface area contributed by atoms with E-state index in [1.807, 2.05) is 79.7 Å². The van der Waals surface area contributed by atoms with E-state index in [9.17, 15) is 9.90 Å². The van der Waals surface area contributed by atoms with Gasteiger partial charge in [0.05, 0.1) is 6.10 Å². The highest BCUT2D eigenvalue weighted by molar-refractivity contribution is 6.02. The number of carbonyl (C=O) groups is 1. The first-order chi connectivity index (χ1) is 13.2. The standard InChI is InChI=1S/C23H26N2O2/c1-2-20(26)17-25(19-11-4-3-5-12-19)16-15-23(27)24-22-14-8-10-18-9-6-7-13-21(18)22/h3-14,20,26H,2,15-17H2,1H3,(H,24,27). The molecule has 1 amide bonds. The van der Waals surface area contributed by atoms with E-state index < -0.39 is 6.10 Å². The van der Waals surface area contributed by atoms with Crippen molar-refractivity contribution < 1.29 is 9.90 Å². The highest BCUT2D eigenvalue weighted by Crippen LogP contribution is 2.23. The number of amides is 1. The minimum Gasteiger partial charge on any atom is -0.391 e. The Morgan fingerprint density at radius 3 is 2.48 bits per heavy atom. The Kier molecular flexibility index (Phi) is 6.44. The van der Waals surface area contributed by atoms with E-state index in [0.29, 0.717) is 25.9 Å². The number of nitrogens with zero attached hydrogens (tertiary/aromatic N) is 1. The summed E-state index contributed by atoms with van der Waals surface area (Å²) in [7, 11) is 0. The summed E-state index contributed by atoms with van der Waals surface area (Å²) in [5, 5.41) is 15.2. The fourth-order valence-corrected chi connectivity index (χ4v) is 3.13. The van der Waals surface area contributed by atoms with Gasteiger partial charge in [-0.2, -0.15) is 0 Å². The van der Waals surface area contributed by atoms with Crippen molar-refractivity contribution in [2.45, 2.75) is 25.9 Å². The Hall–Kier alpha value is -2.85. The lowest BCUT2D eigenvalue weighted by molar-refractivity contribution is -0.116. The highest BCUT2D eigenvalue weighted by atomic mass is 16.3. The molecule has 0 aromatic heterocycles. The molecule has 0 aliphatic carbocycles. The van der Waals surface area contributed by atoms with Crippen LogP contribution in [0.25, 0.3) is 10.8 Å². The quantitative estimate of drug-likeness (QED) is 0.623. The molecule has 2 N–H and O–H groups in total. The molecule has 0 saturated carbocycles. The van der Waals surface area contributed by atoms with Crippen molar-refractivity contribution in [1.82, 2.24) is 0 Å². The fourth-order valence-electron chi connectivity index (χ4n) is 3.13. The van der Waals surface area contributed by atoms with Crippen LogP contribution in [0.2, 0.25) is 0 Å². The van der Waals surface area contributed by atoms with Crippen LogP contribution in [0.3, 0.4) is 0 Å². The molecule has 1 atom stereocenters. The summed E-state index contributed by atoms with van der Waals surface area (Å²) >= 11 is 0. The molecule has 1 unspecified atom stereocenters. The van der Waals surface area contributed by atoms with Gasteiger partial charge in [0.1, 0.15) is 0 Å². The van der Waals surface area contributed by atoms with Crippen LogP contribution in [0.1, 0.15) is 19.8 Å². The number of aliphatic hydroxyl groups excluding tert-OH is 1. The summed E-state index contributed by atoms with van der Waals surface area (Å²) < 4.78 is 0. The topological polar surface area (TPSA) is 52.6 Å². The summed E-state index contributed by atoms with van der Waals surface area (Å²) in [6.45, 7) is 3.03. The molecule has 4 nitrogen and oxygen atoms in total. The summed E-state index contributed by atoms with van der Waals surface area (Å²) in [5.74, 6) is -0.0294. The number of anilines is 2. The van der Waals surface area contributed by atoms with Crippen LogP contribution in [0.5, 0.6) is 0 Å². The van der Waals surface area contributed by atoms with Crippen LogP contribution < -0.4 is 10.2 Å². The van der Waals surface area contributed by atoms with Gasteiger partial charge >= 0.3 is 0 Å². The molecular weight excluding hydrogens is 336 g/mol. The van der Waals surface area contributed by atoms with Gasteiger partial charge < -0.3 is 15.3 Å². The molecule has 3 rings (SSSR count). The third-order valence-corrected chi connectivity index (χ3v) is 4.70. The largest absolute Gasteiger partial charge is 0.391 e. The molecule has 27 heavy (non-hydrogen) atoms. The maximum absolute atomic E-state index is 12.5. The Morgan fingerprint density at radius 1 is 1.00 bits per heavy atom. The van der Waals surface area contributed by atoms with Gasteiger partial charge in [-0.3, -0.25) is 4.79 Å². The molecule has 0 fully saturated rings. The Balaban J connectivity index is 1.66. The minimum atomic E-state index is -0.411. The van der Waals surface area contributed by atoms with Crippen molar-refractivity contribution >= 4 is 28.1 Å². The zero-order valence-corrected chi connectivity index (χ0v) is 15.6. The molecule has 140 valence electrons. The van der Waals surface area contributed by atoms with Crippen LogP contribution >= 0.6 is 0 Å². The first-order valence-electron chi connectivity index (χ1n) is 9.43. The Labute approximate surface area is 160 Å². The lowest BCUT2D eigenvalue weighted by Crippen LogP contribution is -2.34. The zero-order valence-electron chi connectivity index (χ0n) is 15.6. The van der Waals surface area contributed by atoms with Crippen LogP contribution in [0, 0.1) is 0 Å². The van der Waals surface area contributed by atoms with Gasteiger partial charge in [-0.1, -0.05) is 61.5 Å². The van der Waals surface area contributed by atoms with Gasteiger partial charge in [0.25, 0.3) is 0 Å². The fraction of sp³-hybridized carbons (Fsp3) is 0.261. The van der Waals surface area contributed by atoms with Gasteiger partial charge in [-0.05, 0) is 30.0 Å². The van der Waals surface area contributed by atoms with E-state index in [-0.39, 0.29) is 5.91 Å². The molecular formula is C23H26N2O2. The van der Waals surface area contributed by atoms with E-state index >= 15 is 0 Å². The average Bonchev–Trinajstić information content (AvgIpc) is 2.72. The second-order valence-electron chi connectivity index (χ2n) is 6.67. The summed E-state index contributed by atoms with van der Waals surface area (Å²) in [6.07, 6.45) is 0.631. The first-order valence-corrected chi connectivity index (χ1v) is 9.43. The maximum atomic E-state index is 12.5. The predicted molar refractivity (Wildman–Crippen MR) is 112 cm³/mol. The predicted octanol–water partition coefficient (Wildman–Crippen LogP) is 4.45. The van der Waals surface area contributed by atoms with E-state index in [1.54, 1.807) is 0 Å². The molecule has 0 heterocycles. The SMILES string of the molecule is CCC(O)CN(CCC(=O)Nc1cccc2ccccc12)c1ccccc1. The highest BCUT2D eigenvalue weighted by Gasteiger charge is 2.13. The normalized spacial score (nSPS) is 11.9. The molecule has 3 aromatic carbocycles. The van der Waals surface area contributed by atoms with Crippen molar-refractivity contribution in [3.8, 4) is 0 Å². The zero-order chi connectivity index (χ0) is 19.1. The van der Waals surface area contributed by atoms with Gasteiger partial charge in [0, 0.05) is 36.3 Å². The lowest BCUT2D eigenvalue weighted by atomic mass is 10.1. The summed E-state index contributed by atoms with van der Waals surface area (Å²) in [5.41, 5.74) is 1.85. The van der Waals surface area contributed by atoms with Crippen LogP contribution in [-0.4, -0.2) is 30.2 Å². The third-order valence-electron chi connectivity index (χ3n) is 4.70.